The summed E-state index contributed by atoms with van der Waals surface area (Å²) in [7, 11) is 1.27. The molecule has 3 amide bonds. The van der Waals surface area contributed by atoms with Gasteiger partial charge in [0.15, 0.2) is 0 Å². The molecule has 2 rings (SSSR count). The highest BCUT2D eigenvalue weighted by molar-refractivity contribution is 5.93. The monoisotopic (exact) mass is 539 g/mol. The number of hydrogen-bond acceptors (Lipinski definition) is 6. The van der Waals surface area contributed by atoms with Gasteiger partial charge in [0, 0.05) is 6.42 Å². The number of carbonyl (C=O) groups is 4. The molecule has 2 aromatic rings. The summed E-state index contributed by atoms with van der Waals surface area (Å²) in [6.45, 7) is 7.78. The lowest BCUT2D eigenvalue weighted by atomic mass is 9.99. The van der Waals surface area contributed by atoms with E-state index < -0.39 is 42.0 Å². The minimum atomic E-state index is -0.995. The van der Waals surface area contributed by atoms with Crippen molar-refractivity contribution in [2.45, 2.75) is 71.7 Å². The number of methoxy groups -OCH3 is 1. The van der Waals surface area contributed by atoms with Crippen molar-refractivity contribution in [3.05, 3.63) is 71.8 Å². The second-order valence-corrected chi connectivity index (χ2v) is 10.4. The van der Waals surface area contributed by atoms with Gasteiger partial charge in [-0.05, 0) is 35.8 Å². The Morgan fingerprint density at radius 2 is 1.15 bits per heavy atom. The number of ether oxygens (including phenoxy) is 2. The normalized spacial score (nSPS) is 13.2. The maximum Gasteiger partial charge on any atom is 0.408 e. The van der Waals surface area contributed by atoms with E-state index in [4.69, 9.17) is 9.47 Å². The van der Waals surface area contributed by atoms with Gasteiger partial charge in [-0.3, -0.25) is 9.59 Å². The van der Waals surface area contributed by atoms with Crippen LogP contribution in [0.5, 0.6) is 0 Å². The summed E-state index contributed by atoms with van der Waals surface area (Å²) in [5, 5.41) is 8.18. The first-order valence-corrected chi connectivity index (χ1v) is 13.3. The van der Waals surface area contributed by atoms with Crippen LogP contribution in [0.15, 0.2) is 60.7 Å². The van der Waals surface area contributed by atoms with Crippen molar-refractivity contribution in [3.8, 4) is 0 Å². The summed E-state index contributed by atoms with van der Waals surface area (Å²) >= 11 is 0. The highest BCUT2D eigenvalue weighted by Crippen LogP contribution is 2.11. The predicted molar refractivity (Wildman–Crippen MR) is 148 cm³/mol. The number of amides is 3. The minimum Gasteiger partial charge on any atom is -0.467 e. The van der Waals surface area contributed by atoms with Crippen molar-refractivity contribution < 1.29 is 28.7 Å². The number of esters is 1. The molecule has 39 heavy (non-hydrogen) atoms. The third-order valence-electron chi connectivity index (χ3n) is 5.95. The van der Waals surface area contributed by atoms with Gasteiger partial charge in [-0.15, -0.1) is 0 Å². The van der Waals surface area contributed by atoms with Crippen LogP contribution in [-0.2, 0) is 36.9 Å². The van der Waals surface area contributed by atoms with Crippen LogP contribution >= 0.6 is 0 Å². The highest BCUT2D eigenvalue weighted by atomic mass is 16.5. The van der Waals surface area contributed by atoms with Gasteiger partial charge in [-0.1, -0.05) is 88.4 Å². The van der Waals surface area contributed by atoms with Crippen LogP contribution in [0, 0.1) is 11.8 Å². The molecular weight excluding hydrogens is 498 g/mol. The molecule has 0 fully saturated rings. The van der Waals surface area contributed by atoms with E-state index in [2.05, 4.69) is 16.0 Å². The van der Waals surface area contributed by atoms with Crippen molar-refractivity contribution in [1.82, 2.24) is 16.0 Å². The van der Waals surface area contributed by atoms with E-state index >= 15 is 0 Å². The summed E-state index contributed by atoms with van der Waals surface area (Å²) in [5.74, 6) is -1.36. The molecule has 3 N–H and O–H groups in total. The quantitative estimate of drug-likeness (QED) is 0.314. The minimum absolute atomic E-state index is 0.0511. The number of hydrogen-bond donors (Lipinski definition) is 3. The summed E-state index contributed by atoms with van der Waals surface area (Å²) in [6.07, 6.45) is 0.180. The first kappa shape index (κ1) is 31.3. The van der Waals surface area contributed by atoms with Crippen LogP contribution < -0.4 is 16.0 Å². The Balaban J connectivity index is 2.17. The van der Waals surface area contributed by atoms with Gasteiger partial charge in [0.25, 0.3) is 0 Å². The lowest BCUT2D eigenvalue weighted by Crippen LogP contribution is -2.56. The molecule has 0 spiro atoms. The molecule has 0 aromatic heterocycles. The second-order valence-electron chi connectivity index (χ2n) is 10.4. The fourth-order valence-electron chi connectivity index (χ4n) is 4.04. The van der Waals surface area contributed by atoms with Crippen molar-refractivity contribution >= 4 is 23.9 Å². The van der Waals surface area contributed by atoms with E-state index in [-0.39, 0.29) is 24.9 Å². The van der Waals surface area contributed by atoms with E-state index in [1.807, 2.05) is 88.4 Å². The first-order chi connectivity index (χ1) is 18.6. The topological polar surface area (TPSA) is 123 Å². The zero-order chi connectivity index (χ0) is 28.8. The van der Waals surface area contributed by atoms with Gasteiger partial charge >= 0.3 is 12.1 Å². The molecule has 0 unspecified atom stereocenters. The number of carbonyl (C=O) groups excluding carboxylic acids is 4. The van der Waals surface area contributed by atoms with E-state index in [9.17, 15) is 19.2 Å². The summed E-state index contributed by atoms with van der Waals surface area (Å²) in [4.78, 5) is 51.6. The summed E-state index contributed by atoms with van der Waals surface area (Å²) in [5.41, 5.74) is 1.64. The highest BCUT2D eigenvalue weighted by Gasteiger charge is 2.31. The van der Waals surface area contributed by atoms with Crippen LogP contribution in [0.1, 0.15) is 51.7 Å². The Labute approximate surface area is 231 Å². The number of rotatable bonds is 14. The van der Waals surface area contributed by atoms with Crippen molar-refractivity contribution in [2.75, 3.05) is 7.11 Å². The van der Waals surface area contributed by atoms with Gasteiger partial charge in [0.2, 0.25) is 11.8 Å². The van der Waals surface area contributed by atoms with Gasteiger partial charge in [0.1, 0.15) is 24.7 Å². The van der Waals surface area contributed by atoms with E-state index in [1.54, 1.807) is 0 Å². The Morgan fingerprint density at radius 1 is 0.667 bits per heavy atom. The number of alkyl carbamates (subject to hydrolysis) is 1. The van der Waals surface area contributed by atoms with Gasteiger partial charge in [-0.25, -0.2) is 9.59 Å². The van der Waals surface area contributed by atoms with Crippen LogP contribution in [0.25, 0.3) is 0 Å². The maximum atomic E-state index is 13.5. The molecule has 0 aliphatic carbocycles. The molecule has 3 atom stereocenters. The van der Waals surface area contributed by atoms with Gasteiger partial charge < -0.3 is 25.4 Å². The smallest absolute Gasteiger partial charge is 0.408 e. The zero-order valence-corrected chi connectivity index (χ0v) is 23.4. The molecule has 0 aliphatic rings. The molecule has 0 bridgehead atoms. The second kappa shape index (κ2) is 16.2. The van der Waals surface area contributed by atoms with Crippen LogP contribution in [0.3, 0.4) is 0 Å². The van der Waals surface area contributed by atoms with Gasteiger partial charge in [-0.2, -0.15) is 0 Å². The molecule has 0 saturated heterocycles. The molecule has 9 nitrogen and oxygen atoms in total. The number of benzene rings is 2. The molecule has 0 aliphatic heterocycles. The Morgan fingerprint density at radius 3 is 1.69 bits per heavy atom. The summed E-state index contributed by atoms with van der Waals surface area (Å²) in [6, 6.07) is 15.7. The fourth-order valence-corrected chi connectivity index (χ4v) is 4.04. The first-order valence-electron chi connectivity index (χ1n) is 13.3. The SMILES string of the molecule is COC(=O)[C@H](CC(C)C)NC(=O)[C@H](CC(C)C)NC(=O)[C@H](Cc1ccccc1)NC(=O)OCc1ccccc1. The Kier molecular flexibility index (Phi) is 13.0. The van der Waals surface area contributed by atoms with Crippen molar-refractivity contribution in [2.24, 2.45) is 11.8 Å². The zero-order valence-electron chi connectivity index (χ0n) is 23.4. The molecule has 2 aromatic carbocycles. The molecule has 212 valence electrons. The molecular formula is C30H41N3O6. The Hall–Kier alpha value is -3.88. The molecule has 0 heterocycles. The third-order valence-corrected chi connectivity index (χ3v) is 5.95. The van der Waals surface area contributed by atoms with Crippen LogP contribution in [-0.4, -0.2) is 49.1 Å². The summed E-state index contributed by atoms with van der Waals surface area (Å²) < 4.78 is 10.2. The number of nitrogens with one attached hydrogen (secondary N) is 3. The molecule has 0 saturated carbocycles. The van der Waals surface area contributed by atoms with E-state index in [1.165, 1.54) is 7.11 Å². The van der Waals surface area contributed by atoms with E-state index in [0.717, 1.165) is 11.1 Å². The van der Waals surface area contributed by atoms with Gasteiger partial charge in [0.05, 0.1) is 7.11 Å². The van der Waals surface area contributed by atoms with Crippen LogP contribution in [0.4, 0.5) is 4.79 Å². The molecule has 9 heteroatoms. The Bertz CT molecular complexity index is 1060. The van der Waals surface area contributed by atoms with Crippen molar-refractivity contribution in [1.29, 1.82) is 0 Å². The fraction of sp³-hybridized carbons (Fsp3) is 0.467. The molecule has 0 radical (unpaired) electrons. The average molecular weight is 540 g/mol. The lowest BCUT2D eigenvalue weighted by molar-refractivity contribution is -0.146. The third kappa shape index (κ3) is 11.6. The maximum absolute atomic E-state index is 13.5. The largest absolute Gasteiger partial charge is 0.467 e. The van der Waals surface area contributed by atoms with Crippen molar-refractivity contribution in [3.63, 3.8) is 0 Å². The van der Waals surface area contributed by atoms with E-state index in [0.29, 0.717) is 12.8 Å². The lowest BCUT2D eigenvalue weighted by Gasteiger charge is -2.26. The standard InChI is InChI=1S/C30H41N3O6/c1-20(2)16-24(27(34)32-26(17-21(3)4)29(36)38-5)31-28(35)25(18-22-12-8-6-9-13-22)33-30(37)39-19-23-14-10-7-11-15-23/h6-15,20-21,24-26H,16-19H2,1-5H3,(H,31,35)(H,32,34)(H,33,37)/t24-,25-,26-/m0/s1. The average Bonchev–Trinajstić information content (AvgIpc) is 2.91. The van der Waals surface area contributed by atoms with Crippen LogP contribution in [0.2, 0.25) is 0 Å². The predicted octanol–water partition coefficient (Wildman–Crippen LogP) is 3.76.